The van der Waals surface area contributed by atoms with Crippen LogP contribution in [0.1, 0.15) is 36.5 Å². The Morgan fingerprint density at radius 3 is 2.74 bits per heavy atom. The maximum atomic E-state index is 12.9. The van der Waals surface area contributed by atoms with E-state index in [9.17, 15) is 4.79 Å². The van der Waals surface area contributed by atoms with Crippen molar-refractivity contribution in [2.24, 2.45) is 5.92 Å². The van der Waals surface area contributed by atoms with Crippen LogP contribution in [0, 0.1) is 5.92 Å². The number of para-hydroxylation sites is 1. The Labute approximate surface area is 166 Å². The highest BCUT2D eigenvalue weighted by atomic mass is 35.5. The molecule has 1 aromatic heterocycles. The molecule has 27 heavy (non-hydrogen) atoms. The number of nitrogens with one attached hydrogen (secondary N) is 2. The number of halogens is 1. The third-order valence-electron chi connectivity index (χ3n) is 4.89. The molecule has 0 bridgehead atoms. The van der Waals surface area contributed by atoms with Gasteiger partial charge in [0.15, 0.2) is 0 Å². The van der Waals surface area contributed by atoms with Crippen LogP contribution in [0.3, 0.4) is 0 Å². The van der Waals surface area contributed by atoms with Crippen LogP contribution >= 0.6 is 11.6 Å². The van der Waals surface area contributed by atoms with E-state index in [1.165, 1.54) is 19.0 Å². The standard InChI is InChI=1S/C21H27ClN4O/c1-2-13-26(15-16-9-11-23-12-10-16)19-6-4-3-5-18(19)21(27)25-20-8-7-17(22)14-24-20/h3-8,14,16,23H,2,9-13,15H2,1H3,(H,24,25,27). The van der Waals surface area contributed by atoms with Gasteiger partial charge in [-0.2, -0.15) is 0 Å². The molecular formula is C21H27ClN4O. The second kappa shape index (κ2) is 9.72. The SMILES string of the molecule is CCCN(CC1CCNCC1)c1ccccc1C(=O)Nc1ccc(Cl)cn1. The fourth-order valence-electron chi connectivity index (χ4n) is 3.53. The minimum atomic E-state index is -0.146. The average molecular weight is 387 g/mol. The van der Waals surface area contributed by atoms with Gasteiger partial charge in [0.1, 0.15) is 5.82 Å². The van der Waals surface area contributed by atoms with E-state index < -0.39 is 0 Å². The smallest absolute Gasteiger partial charge is 0.258 e. The van der Waals surface area contributed by atoms with Crippen molar-refractivity contribution in [3.8, 4) is 0 Å². The molecule has 2 N–H and O–H groups in total. The quantitative estimate of drug-likeness (QED) is 0.748. The van der Waals surface area contributed by atoms with Crippen molar-refractivity contribution in [2.75, 3.05) is 36.4 Å². The largest absolute Gasteiger partial charge is 0.371 e. The second-order valence-corrected chi connectivity index (χ2v) is 7.41. The number of nitrogens with zero attached hydrogens (tertiary/aromatic N) is 2. The number of carbonyl (C=O) groups is 1. The fourth-order valence-corrected chi connectivity index (χ4v) is 3.64. The molecule has 0 spiro atoms. The Kier molecular flexibility index (Phi) is 7.07. The molecule has 1 aromatic carbocycles. The Balaban J connectivity index is 1.79. The molecule has 2 heterocycles. The van der Waals surface area contributed by atoms with Crippen molar-refractivity contribution >= 4 is 29.0 Å². The molecular weight excluding hydrogens is 360 g/mol. The maximum absolute atomic E-state index is 12.9. The third kappa shape index (κ3) is 5.44. The van der Waals surface area contributed by atoms with E-state index in [1.54, 1.807) is 12.1 Å². The predicted molar refractivity (Wildman–Crippen MR) is 112 cm³/mol. The van der Waals surface area contributed by atoms with E-state index in [2.05, 4.69) is 27.4 Å². The number of aromatic nitrogens is 1. The van der Waals surface area contributed by atoms with Gasteiger partial charge in [-0.15, -0.1) is 0 Å². The molecule has 1 fully saturated rings. The number of amides is 1. The monoisotopic (exact) mass is 386 g/mol. The Morgan fingerprint density at radius 1 is 1.26 bits per heavy atom. The van der Waals surface area contributed by atoms with Gasteiger partial charge < -0.3 is 15.5 Å². The Bertz CT molecular complexity index is 744. The van der Waals surface area contributed by atoms with Gasteiger partial charge >= 0.3 is 0 Å². The van der Waals surface area contributed by atoms with Crippen molar-refractivity contribution in [1.82, 2.24) is 10.3 Å². The zero-order chi connectivity index (χ0) is 19.1. The molecule has 5 nitrogen and oxygen atoms in total. The first-order chi connectivity index (χ1) is 13.2. The molecule has 0 unspecified atom stereocenters. The Hall–Kier alpha value is -2.11. The van der Waals surface area contributed by atoms with Crippen LogP contribution in [-0.2, 0) is 0 Å². The zero-order valence-corrected chi connectivity index (χ0v) is 16.5. The van der Waals surface area contributed by atoms with Crippen LogP contribution in [0.2, 0.25) is 5.02 Å². The topological polar surface area (TPSA) is 57.3 Å². The number of anilines is 2. The highest BCUT2D eigenvalue weighted by molar-refractivity contribution is 6.30. The highest BCUT2D eigenvalue weighted by Crippen LogP contribution is 2.25. The van der Waals surface area contributed by atoms with Gasteiger partial charge in [0.05, 0.1) is 10.6 Å². The lowest BCUT2D eigenvalue weighted by Gasteiger charge is -2.32. The molecule has 0 radical (unpaired) electrons. The van der Waals surface area contributed by atoms with Crippen LogP contribution in [0.25, 0.3) is 0 Å². The summed E-state index contributed by atoms with van der Waals surface area (Å²) in [5.41, 5.74) is 1.67. The highest BCUT2D eigenvalue weighted by Gasteiger charge is 2.21. The van der Waals surface area contributed by atoms with Crippen molar-refractivity contribution < 1.29 is 4.79 Å². The number of rotatable bonds is 7. The van der Waals surface area contributed by atoms with E-state index >= 15 is 0 Å². The van der Waals surface area contributed by atoms with E-state index in [1.807, 2.05) is 24.3 Å². The lowest BCUT2D eigenvalue weighted by molar-refractivity contribution is 0.102. The van der Waals surface area contributed by atoms with Gasteiger partial charge in [0.2, 0.25) is 0 Å². The average Bonchev–Trinajstić information content (AvgIpc) is 2.70. The molecule has 3 rings (SSSR count). The summed E-state index contributed by atoms with van der Waals surface area (Å²) < 4.78 is 0. The second-order valence-electron chi connectivity index (χ2n) is 6.97. The van der Waals surface area contributed by atoms with Crippen molar-refractivity contribution in [2.45, 2.75) is 26.2 Å². The summed E-state index contributed by atoms with van der Waals surface area (Å²) in [6.07, 6.45) is 4.94. The van der Waals surface area contributed by atoms with Crippen molar-refractivity contribution in [1.29, 1.82) is 0 Å². The van der Waals surface area contributed by atoms with E-state index in [4.69, 9.17) is 11.6 Å². The van der Waals surface area contributed by atoms with Crippen LogP contribution in [0.4, 0.5) is 11.5 Å². The molecule has 0 atom stereocenters. The molecule has 2 aromatic rings. The molecule has 1 aliphatic heterocycles. The molecule has 1 saturated heterocycles. The summed E-state index contributed by atoms with van der Waals surface area (Å²) in [5, 5.41) is 6.85. The maximum Gasteiger partial charge on any atom is 0.258 e. The predicted octanol–water partition coefficient (Wildman–Crippen LogP) is 4.20. The van der Waals surface area contributed by atoms with Crippen molar-refractivity contribution in [3.63, 3.8) is 0 Å². The van der Waals surface area contributed by atoms with Crippen LogP contribution in [-0.4, -0.2) is 37.1 Å². The molecule has 0 saturated carbocycles. The van der Waals surface area contributed by atoms with Gasteiger partial charge in [0, 0.05) is 25.0 Å². The van der Waals surface area contributed by atoms with Gasteiger partial charge in [-0.3, -0.25) is 4.79 Å². The van der Waals surface area contributed by atoms with Crippen LogP contribution in [0.5, 0.6) is 0 Å². The zero-order valence-electron chi connectivity index (χ0n) is 15.7. The van der Waals surface area contributed by atoms with Gasteiger partial charge in [0.25, 0.3) is 5.91 Å². The van der Waals surface area contributed by atoms with E-state index in [0.29, 0.717) is 22.3 Å². The lowest BCUT2D eigenvalue weighted by atomic mass is 9.96. The lowest BCUT2D eigenvalue weighted by Crippen LogP contribution is -2.37. The molecule has 1 amide bonds. The summed E-state index contributed by atoms with van der Waals surface area (Å²) in [5.74, 6) is 1.01. The van der Waals surface area contributed by atoms with Gasteiger partial charge in [-0.25, -0.2) is 4.98 Å². The van der Waals surface area contributed by atoms with Crippen LogP contribution < -0.4 is 15.5 Å². The third-order valence-corrected chi connectivity index (χ3v) is 5.11. The van der Waals surface area contributed by atoms with Crippen molar-refractivity contribution in [3.05, 3.63) is 53.2 Å². The number of pyridine rings is 1. The minimum absolute atomic E-state index is 0.146. The summed E-state index contributed by atoms with van der Waals surface area (Å²) in [6, 6.07) is 11.3. The summed E-state index contributed by atoms with van der Waals surface area (Å²) in [6.45, 7) is 6.26. The normalized spacial score (nSPS) is 14.7. The number of carbonyl (C=O) groups excluding carboxylic acids is 1. The summed E-state index contributed by atoms with van der Waals surface area (Å²) in [4.78, 5) is 19.4. The number of hydrogen-bond donors (Lipinski definition) is 2. The number of hydrogen-bond acceptors (Lipinski definition) is 4. The molecule has 144 valence electrons. The van der Waals surface area contributed by atoms with E-state index in [0.717, 1.165) is 38.3 Å². The first kappa shape index (κ1) is 19.6. The number of piperidine rings is 1. The fraction of sp³-hybridized carbons (Fsp3) is 0.429. The van der Waals surface area contributed by atoms with Gasteiger partial charge in [-0.05, 0) is 62.5 Å². The first-order valence-electron chi connectivity index (χ1n) is 9.65. The summed E-state index contributed by atoms with van der Waals surface area (Å²) >= 11 is 5.87. The molecule has 6 heteroatoms. The number of benzene rings is 1. The van der Waals surface area contributed by atoms with E-state index in [-0.39, 0.29) is 5.91 Å². The first-order valence-corrected chi connectivity index (χ1v) is 10.0. The van der Waals surface area contributed by atoms with Crippen LogP contribution in [0.15, 0.2) is 42.6 Å². The van der Waals surface area contributed by atoms with Gasteiger partial charge in [-0.1, -0.05) is 30.7 Å². The Morgan fingerprint density at radius 2 is 2.04 bits per heavy atom. The summed E-state index contributed by atoms with van der Waals surface area (Å²) in [7, 11) is 0. The minimum Gasteiger partial charge on any atom is -0.371 e. The molecule has 1 aliphatic rings. The molecule has 0 aliphatic carbocycles.